The number of hydrogen-bond acceptors (Lipinski definition) is 5. The Hall–Kier alpha value is -2.05. The van der Waals surface area contributed by atoms with Gasteiger partial charge in [-0.1, -0.05) is 47.7 Å². The van der Waals surface area contributed by atoms with Gasteiger partial charge in [0.25, 0.3) is 5.91 Å². The Balaban J connectivity index is 1.34. The van der Waals surface area contributed by atoms with Crippen LogP contribution in [0.25, 0.3) is 0 Å². The molecule has 4 fully saturated rings. The van der Waals surface area contributed by atoms with E-state index >= 15 is 0 Å². The summed E-state index contributed by atoms with van der Waals surface area (Å²) in [6.07, 6.45) is 8.06. The Morgan fingerprint density at radius 2 is 1.67 bits per heavy atom. The third-order valence-corrected chi connectivity index (χ3v) is 9.35. The fraction of sp³-hybridized carbons (Fsp3) is 0.458. The van der Waals surface area contributed by atoms with Crippen molar-refractivity contribution in [3.05, 3.63) is 63.3 Å². The summed E-state index contributed by atoms with van der Waals surface area (Å²) in [6.45, 7) is 0.521. The molecule has 0 aliphatic heterocycles. The molecule has 0 radical (unpaired) electrons. The van der Waals surface area contributed by atoms with E-state index in [1.54, 1.807) is 11.3 Å². The van der Waals surface area contributed by atoms with E-state index in [0.29, 0.717) is 6.54 Å². The van der Waals surface area contributed by atoms with Gasteiger partial charge in [-0.05, 0) is 73.3 Å². The molecule has 0 spiro atoms. The summed E-state index contributed by atoms with van der Waals surface area (Å²) in [5.41, 5.74) is 1.32. The molecule has 4 saturated carbocycles. The minimum Gasteiger partial charge on any atom is -0.277 e. The monoisotopic (exact) mass is 435 g/mol. The van der Waals surface area contributed by atoms with Gasteiger partial charge in [0.2, 0.25) is 5.13 Å². The molecule has 2 heterocycles. The Bertz CT molecular complexity index is 1010. The van der Waals surface area contributed by atoms with Crippen LogP contribution < -0.4 is 4.90 Å². The van der Waals surface area contributed by atoms with Crippen LogP contribution >= 0.6 is 22.7 Å². The van der Waals surface area contributed by atoms with Crippen LogP contribution in [0.15, 0.2) is 47.8 Å². The molecule has 6 heteroatoms. The molecule has 0 saturated heterocycles. The number of nitrogens with zero attached hydrogens (tertiary/aromatic N) is 3. The number of rotatable bonds is 5. The topological polar surface area (TPSA) is 46.1 Å². The highest BCUT2D eigenvalue weighted by atomic mass is 32.1. The molecule has 1 amide bonds. The lowest BCUT2D eigenvalue weighted by atomic mass is 9.50. The largest absolute Gasteiger partial charge is 0.277 e. The average Bonchev–Trinajstić information content (AvgIpc) is 3.44. The zero-order valence-electron chi connectivity index (χ0n) is 16.9. The van der Waals surface area contributed by atoms with Gasteiger partial charge in [0.15, 0.2) is 0 Å². The lowest BCUT2D eigenvalue weighted by Crippen LogP contribution is -2.48. The second-order valence-electron chi connectivity index (χ2n) is 9.44. The maximum absolute atomic E-state index is 13.3. The molecular weight excluding hydrogens is 410 g/mol. The first-order valence-electron chi connectivity index (χ1n) is 10.9. The maximum atomic E-state index is 13.3. The molecule has 30 heavy (non-hydrogen) atoms. The van der Waals surface area contributed by atoms with Gasteiger partial charge in [0, 0.05) is 5.41 Å². The van der Waals surface area contributed by atoms with E-state index in [0.717, 1.165) is 33.3 Å². The van der Waals surface area contributed by atoms with Crippen molar-refractivity contribution < 1.29 is 4.79 Å². The van der Waals surface area contributed by atoms with Crippen LogP contribution in [0.4, 0.5) is 5.13 Å². The van der Waals surface area contributed by atoms with Crippen LogP contribution in [-0.4, -0.2) is 16.1 Å². The van der Waals surface area contributed by atoms with Gasteiger partial charge in [-0.2, -0.15) is 0 Å². The highest BCUT2D eigenvalue weighted by molar-refractivity contribution is 7.16. The van der Waals surface area contributed by atoms with Crippen LogP contribution in [0.2, 0.25) is 0 Å². The predicted octanol–water partition coefficient (Wildman–Crippen LogP) is 5.91. The van der Waals surface area contributed by atoms with Crippen molar-refractivity contribution in [2.75, 3.05) is 4.90 Å². The predicted molar refractivity (Wildman–Crippen MR) is 121 cm³/mol. The molecule has 4 bridgehead atoms. The van der Waals surface area contributed by atoms with Crippen LogP contribution in [0.3, 0.4) is 0 Å². The first kappa shape index (κ1) is 18.7. The van der Waals surface area contributed by atoms with Crippen LogP contribution in [0, 0.1) is 17.8 Å². The third-order valence-electron chi connectivity index (χ3n) is 7.30. The standard InChI is InChI=1S/C24H25N3OS2/c28-21(20-7-4-8-29-20)27(15-16-5-2-1-3-6-16)23-26-25-22(30-23)24-12-17-9-18(13-24)11-19(10-17)14-24/h1-8,17-19H,9-15H2. The van der Waals surface area contributed by atoms with Crippen molar-refractivity contribution in [1.82, 2.24) is 10.2 Å². The highest BCUT2D eigenvalue weighted by Gasteiger charge is 2.53. The van der Waals surface area contributed by atoms with Gasteiger partial charge in [0.1, 0.15) is 5.01 Å². The van der Waals surface area contributed by atoms with E-state index < -0.39 is 0 Å². The second-order valence-corrected chi connectivity index (χ2v) is 11.3. The first-order chi connectivity index (χ1) is 14.7. The van der Waals surface area contributed by atoms with Crippen molar-refractivity contribution in [2.45, 2.75) is 50.5 Å². The number of aromatic nitrogens is 2. The van der Waals surface area contributed by atoms with E-state index in [1.807, 2.05) is 40.6 Å². The third kappa shape index (κ3) is 3.21. The van der Waals surface area contributed by atoms with E-state index in [-0.39, 0.29) is 11.3 Å². The Morgan fingerprint density at radius 1 is 0.967 bits per heavy atom. The lowest BCUT2D eigenvalue weighted by Gasteiger charge is -2.55. The van der Waals surface area contributed by atoms with Crippen molar-refractivity contribution in [3.63, 3.8) is 0 Å². The van der Waals surface area contributed by atoms with Crippen LogP contribution in [-0.2, 0) is 12.0 Å². The smallest absolute Gasteiger partial charge is 0.270 e. The van der Waals surface area contributed by atoms with E-state index in [4.69, 9.17) is 5.10 Å². The zero-order chi connectivity index (χ0) is 20.1. The van der Waals surface area contributed by atoms with Crippen LogP contribution in [0.1, 0.15) is 58.8 Å². The van der Waals surface area contributed by atoms with Crippen molar-refractivity contribution in [2.24, 2.45) is 17.8 Å². The minimum atomic E-state index is 0.0158. The Morgan fingerprint density at radius 3 is 2.30 bits per heavy atom. The van der Waals surface area contributed by atoms with E-state index in [2.05, 4.69) is 17.2 Å². The van der Waals surface area contributed by atoms with Gasteiger partial charge in [-0.15, -0.1) is 21.5 Å². The van der Waals surface area contributed by atoms with Gasteiger partial charge >= 0.3 is 0 Å². The van der Waals surface area contributed by atoms with Crippen molar-refractivity contribution >= 4 is 33.7 Å². The summed E-state index contributed by atoms with van der Waals surface area (Å²) in [5.74, 6) is 2.63. The number of anilines is 1. The first-order valence-corrected chi connectivity index (χ1v) is 12.6. The van der Waals surface area contributed by atoms with Gasteiger partial charge in [-0.25, -0.2) is 0 Å². The summed E-state index contributed by atoms with van der Waals surface area (Å²) in [4.78, 5) is 15.9. The summed E-state index contributed by atoms with van der Waals surface area (Å²) in [7, 11) is 0. The van der Waals surface area contributed by atoms with Gasteiger partial charge in [-0.3, -0.25) is 9.69 Å². The Labute approximate surface area is 185 Å². The fourth-order valence-corrected chi connectivity index (χ4v) is 8.17. The number of amides is 1. The number of thiophene rings is 1. The molecule has 3 aromatic rings. The number of carbonyl (C=O) groups excluding carboxylic acids is 1. The molecule has 0 N–H and O–H groups in total. The van der Waals surface area contributed by atoms with Gasteiger partial charge in [0.05, 0.1) is 11.4 Å². The van der Waals surface area contributed by atoms with Gasteiger partial charge < -0.3 is 0 Å². The van der Waals surface area contributed by atoms with E-state index in [9.17, 15) is 4.79 Å². The zero-order valence-corrected chi connectivity index (χ0v) is 18.5. The molecule has 1 aromatic carbocycles. The summed E-state index contributed by atoms with van der Waals surface area (Å²) >= 11 is 3.15. The van der Waals surface area contributed by atoms with E-state index in [1.165, 1.54) is 54.9 Å². The second kappa shape index (κ2) is 7.27. The molecular formula is C24H25N3OS2. The number of hydrogen-bond donors (Lipinski definition) is 0. The van der Waals surface area contributed by atoms with Crippen molar-refractivity contribution in [1.29, 1.82) is 0 Å². The molecule has 0 unspecified atom stereocenters. The molecule has 2 aromatic heterocycles. The van der Waals surface area contributed by atoms with Crippen molar-refractivity contribution in [3.8, 4) is 0 Å². The summed E-state index contributed by atoms with van der Waals surface area (Å²) < 4.78 is 0. The molecule has 154 valence electrons. The normalized spacial score (nSPS) is 29.3. The SMILES string of the molecule is O=C(c1cccs1)N(Cc1ccccc1)c1nnc(C23CC4CC(CC(C4)C2)C3)s1. The highest BCUT2D eigenvalue weighted by Crippen LogP contribution is 2.61. The quantitative estimate of drug-likeness (QED) is 0.500. The number of carbonyl (C=O) groups is 1. The number of benzene rings is 1. The summed E-state index contributed by atoms with van der Waals surface area (Å²) in [5, 5.41) is 13.2. The lowest BCUT2D eigenvalue weighted by molar-refractivity contribution is -0.00555. The molecule has 0 atom stereocenters. The maximum Gasteiger partial charge on any atom is 0.270 e. The molecule has 7 rings (SSSR count). The molecule has 4 nitrogen and oxygen atoms in total. The van der Waals surface area contributed by atoms with Crippen LogP contribution in [0.5, 0.6) is 0 Å². The minimum absolute atomic E-state index is 0.0158. The molecule has 4 aliphatic carbocycles. The average molecular weight is 436 g/mol. The summed E-state index contributed by atoms with van der Waals surface area (Å²) in [6, 6.07) is 14.0. The Kier molecular flexibility index (Phi) is 4.53. The molecule has 4 aliphatic rings. The fourth-order valence-electron chi connectivity index (χ4n) is 6.44.